The average molecular weight is 267 g/mol. The number of anilines is 1. The molecule has 0 spiro atoms. The first-order valence-corrected chi connectivity index (χ1v) is 5.74. The smallest absolute Gasteiger partial charge is 0.0671 e. The summed E-state index contributed by atoms with van der Waals surface area (Å²) in [5, 5.41) is 12.0. The van der Waals surface area contributed by atoms with Gasteiger partial charge in [0.05, 0.1) is 12.0 Å². The van der Waals surface area contributed by atoms with Gasteiger partial charge in [-0.25, -0.2) is 0 Å². The summed E-state index contributed by atoms with van der Waals surface area (Å²) in [7, 11) is 0. The van der Waals surface area contributed by atoms with Crippen LogP contribution < -0.4 is 5.32 Å². The van der Waals surface area contributed by atoms with Crippen molar-refractivity contribution >= 4 is 21.6 Å². The van der Waals surface area contributed by atoms with Crippen molar-refractivity contribution in [2.45, 2.75) is 20.8 Å². The number of benzene rings is 1. The van der Waals surface area contributed by atoms with E-state index in [1.807, 2.05) is 6.92 Å². The lowest BCUT2D eigenvalue weighted by atomic mass is 10.1. The zero-order chi connectivity index (χ0) is 11.4. The van der Waals surface area contributed by atoms with Gasteiger partial charge in [-0.3, -0.25) is 0 Å². The van der Waals surface area contributed by atoms with Crippen molar-refractivity contribution in [3.8, 4) is 6.07 Å². The van der Waals surface area contributed by atoms with E-state index in [9.17, 15) is 0 Å². The van der Waals surface area contributed by atoms with Gasteiger partial charge in [-0.05, 0) is 44.0 Å². The molecule has 0 aromatic heterocycles. The van der Waals surface area contributed by atoms with Crippen LogP contribution in [0.5, 0.6) is 0 Å². The summed E-state index contributed by atoms with van der Waals surface area (Å²) in [4.78, 5) is 0. The lowest BCUT2D eigenvalue weighted by Gasteiger charge is -2.14. The molecule has 0 radical (unpaired) electrons. The summed E-state index contributed by atoms with van der Waals surface area (Å²) in [6, 6.07) is 6.37. The average Bonchev–Trinajstić information content (AvgIpc) is 2.15. The van der Waals surface area contributed by atoms with Crippen LogP contribution in [0.3, 0.4) is 0 Å². The molecule has 1 aromatic rings. The highest BCUT2D eigenvalue weighted by molar-refractivity contribution is 9.10. The van der Waals surface area contributed by atoms with E-state index in [0.29, 0.717) is 6.54 Å². The minimum Gasteiger partial charge on any atom is -0.383 e. The van der Waals surface area contributed by atoms with E-state index < -0.39 is 0 Å². The Morgan fingerprint density at radius 3 is 2.40 bits per heavy atom. The summed E-state index contributed by atoms with van der Waals surface area (Å²) >= 11 is 3.46. The maximum absolute atomic E-state index is 8.70. The Bertz CT molecular complexity index is 370. The maximum atomic E-state index is 8.70. The van der Waals surface area contributed by atoms with Crippen LogP contribution in [0, 0.1) is 31.1 Å². The first kappa shape index (κ1) is 12.1. The van der Waals surface area contributed by atoms with Gasteiger partial charge in [0.2, 0.25) is 0 Å². The monoisotopic (exact) mass is 266 g/mol. The Labute approximate surface area is 99.4 Å². The van der Waals surface area contributed by atoms with Crippen LogP contribution in [0.2, 0.25) is 0 Å². The van der Waals surface area contributed by atoms with Crippen molar-refractivity contribution in [1.82, 2.24) is 0 Å². The standard InChI is InChI=1S/C12H15BrN2/c1-8(6-14)7-15-12-9(2)4-11(13)5-10(12)3/h4-5,8,15H,7H2,1-3H3. The first-order valence-electron chi connectivity index (χ1n) is 4.95. The Morgan fingerprint density at radius 1 is 1.40 bits per heavy atom. The highest BCUT2D eigenvalue weighted by Crippen LogP contribution is 2.25. The molecular weight excluding hydrogens is 252 g/mol. The number of nitrogens with zero attached hydrogens (tertiary/aromatic N) is 1. The van der Waals surface area contributed by atoms with Crippen LogP contribution in [0.1, 0.15) is 18.1 Å². The molecular formula is C12H15BrN2. The quantitative estimate of drug-likeness (QED) is 0.907. The largest absolute Gasteiger partial charge is 0.383 e. The summed E-state index contributed by atoms with van der Waals surface area (Å²) in [5.74, 6) is 0.0347. The zero-order valence-corrected chi connectivity index (χ0v) is 10.9. The van der Waals surface area contributed by atoms with E-state index in [4.69, 9.17) is 5.26 Å². The molecule has 1 atom stereocenters. The lowest BCUT2D eigenvalue weighted by molar-refractivity contribution is 0.785. The maximum Gasteiger partial charge on any atom is 0.0671 e. The van der Waals surface area contributed by atoms with E-state index in [1.54, 1.807) is 0 Å². The van der Waals surface area contributed by atoms with E-state index in [0.717, 1.165) is 10.2 Å². The van der Waals surface area contributed by atoms with Gasteiger partial charge in [0.15, 0.2) is 0 Å². The van der Waals surface area contributed by atoms with Gasteiger partial charge in [0.25, 0.3) is 0 Å². The minimum atomic E-state index is 0.0347. The molecule has 0 heterocycles. The molecule has 80 valence electrons. The van der Waals surface area contributed by atoms with Gasteiger partial charge in [0.1, 0.15) is 0 Å². The molecule has 0 saturated carbocycles. The van der Waals surface area contributed by atoms with Crippen molar-refractivity contribution in [3.05, 3.63) is 27.7 Å². The number of hydrogen-bond donors (Lipinski definition) is 1. The second kappa shape index (κ2) is 5.18. The molecule has 0 amide bonds. The van der Waals surface area contributed by atoms with Crippen LogP contribution in [0.15, 0.2) is 16.6 Å². The van der Waals surface area contributed by atoms with Gasteiger partial charge in [0, 0.05) is 16.7 Å². The lowest BCUT2D eigenvalue weighted by Crippen LogP contribution is -2.11. The predicted octanol–water partition coefficient (Wildman–Crippen LogP) is 3.64. The Hall–Kier alpha value is -1.01. The minimum absolute atomic E-state index is 0.0347. The predicted molar refractivity (Wildman–Crippen MR) is 66.9 cm³/mol. The third-order valence-corrected chi connectivity index (χ3v) is 2.76. The SMILES string of the molecule is Cc1cc(Br)cc(C)c1NCC(C)C#N. The highest BCUT2D eigenvalue weighted by Gasteiger charge is 2.05. The van der Waals surface area contributed by atoms with E-state index in [2.05, 4.69) is 53.3 Å². The summed E-state index contributed by atoms with van der Waals surface area (Å²) in [6.07, 6.45) is 0. The van der Waals surface area contributed by atoms with Crippen LogP contribution in [0.4, 0.5) is 5.69 Å². The number of rotatable bonds is 3. The summed E-state index contributed by atoms with van der Waals surface area (Å²) in [6.45, 7) is 6.74. The molecule has 0 aliphatic carbocycles. The Kier molecular flexibility index (Phi) is 4.16. The van der Waals surface area contributed by atoms with Crippen molar-refractivity contribution in [1.29, 1.82) is 5.26 Å². The molecule has 0 aliphatic rings. The number of nitrogens with one attached hydrogen (secondary N) is 1. The zero-order valence-electron chi connectivity index (χ0n) is 9.26. The second-order valence-electron chi connectivity index (χ2n) is 3.83. The van der Waals surface area contributed by atoms with Crippen LogP contribution in [0.25, 0.3) is 0 Å². The second-order valence-corrected chi connectivity index (χ2v) is 4.74. The van der Waals surface area contributed by atoms with Gasteiger partial charge >= 0.3 is 0 Å². The third-order valence-electron chi connectivity index (χ3n) is 2.30. The van der Waals surface area contributed by atoms with Gasteiger partial charge < -0.3 is 5.32 Å². The molecule has 15 heavy (non-hydrogen) atoms. The summed E-state index contributed by atoms with van der Waals surface area (Å²) < 4.78 is 1.09. The number of halogens is 1. The molecule has 1 aromatic carbocycles. The molecule has 0 aliphatic heterocycles. The summed E-state index contributed by atoms with van der Waals surface area (Å²) in [5.41, 5.74) is 3.54. The molecule has 1 rings (SSSR count). The van der Waals surface area contributed by atoms with Crippen LogP contribution in [-0.2, 0) is 0 Å². The third kappa shape index (κ3) is 3.24. The molecule has 1 unspecified atom stereocenters. The normalized spacial score (nSPS) is 11.9. The fourth-order valence-corrected chi connectivity index (χ4v) is 2.18. The molecule has 0 bridgehead atoms. The van der Waals surface area contributed by atoms with Gasteiger partial charge in [-0.15, -0.1) is 0 Å². The van der Waals surface area contributed by atoms with E-state index in [-0.39, 0.29) is 5.92 Å². The highest BCUT2D eigenvalue weighted by atomic mass is 79.9. The van der Waals surface area contributed by atoms with E-state index >= 15 is 0 Å². The first-order chi connectivity index (χ1) is 7.04. The van der Waals surface area contributed by atoms with Crippen molar-refractivity contribution in [2.75, 3.05) is 11.9 Å². The fourth-order valence-electron chi connectivity index (χ4n) is 1.49. The number of nitriles is 1. The van der Waals surface area contributed by atoms with Crippen molar-refractivity contribution in [2.24, 2.45) is 5.92 Å². The van der Waals surface area contributed by atoms with Crippen LogP contribution in [-0.4, -0.2) is 6.54 Å². The van der Waals surface area contributed by atoms with Crippen LogP contribution >= 0.6 is 15.9 Å². The molecule has 0 saturated heterocycles. The topological polar surface area (TPSA) is 35.8 Å². The van der Waals surface area contributed by atoms with Crippen molar-refractivity contribution in [3.63, 3.8) is 0 Å². The fraction of sp³-hybridized carbons (Fsp3) is 0.417. The Balaban J connectivity index is 2.82. The molecule has 2 nitrogen and oxygen atoms in total. The van der Waals surface area contributed by atoms with Gasteiger partial charge in [-0.2, -0.15) is 5.26 Å². The molecule has 1 N–H and O–H groups in total. The molecule has 0 fully saturated rings. The number of aryl methyl sites for hydroxylation is 2. The Morgan fingerprint density at radius 2 is 1.93 bits per heavy atom. The van der Waals surface area contributed by atoms with Crippen molar-refractivity contribution < 1.29 is 0 Å². The van der Waals surface area contributed by atoms with E-state index in [1.165, 1.54) is 11.1 Å². The number of hydrogen-bond acceptors (Lipinski definition) is 2. The molecule has 3 heteroatoms. The van der Waals surface area contributed by atoms with Gasteiger partial charge in [-0.1, -0.05) is 15.9 Å².